The van der Waals surface area contributed by atoms with Crippen molar-refractivity contribution < 1.29 is 9.18 Å². The van der Waals surface area contributed by atoms with Crippen molar-refractivity contribution in [2.45, 2.75) is 19.4 Å². The Bertz CT molecular complexity index is 497. The fraction of sp³-hybridized carbons (Fsp3) is 0.533. The number of halogens is 1. The largest absolute Gasteiger partial charge is 0.333 e. The van der Waals surface area contributed by atoms with Crippen molar-refractivity contribution in [2.75, 3.05) is 19.6 Å². The molecule has 102 valence electrons. The van der Waals surface area contributed by atoms with E-state index in [1.807, 2.05) is 4.90 Å². The first kappa shape index (κ1) is 12.6. The fourth-order valence-corrected chi connectivity index (χ4v) is 3.51. The van der Waals surface area contributed by atoms with Gasteiger partial charge < -0.3 is 10.2 Å². The summed E-state index contributed by atoms with van der Waals surface area (Å²) in [6, 6.07) is 5.83. The molecule has 0 spiro atoms. The Morgan fingerprint density at radius 2 is 2.00 bits per heavy atom. The molecular formula is C15H19FN2O. The van der Waals surface area contributed by atoms with Gasteiger partial charge >= 0.3 is 0 Å². The molecule has 2 aliphatic rings. The maximum absolute atomic E-state index is 12.9. The van der Waals surface area contributed by atoms with Gasteiger partial charge in [0.05, 0.1) is 0 Å². The zero-order valence-corrected chi connectivity index (χ0v) is 11.3. The lowest BCUT2D eigenvalue weighted by Crippen LogP contribution is -2.47. The summed E-state index contributed by atoms with van der Waals surface area (Å²) in [6.45, 7) is 7.02. The highest BCUT2D eigenvalue weighted by Crippen LogP contribution is 2.41. The van der Waals surface area contributed by atoms with Gasteiger partial charge in [0.25, 0.3) is 5.91 Å². The lowest BCUT2D eigenvalue weighted by Gasteiger charge is -2.35. The van der Waals surface area contributed by atoms with Crippen molar-refractivity contribution in [2.24, 2.45) is 11.8 Å². The van der Waals surface area contributed by atoms with Crippen LogP contribution in [-0.2, 0) is 0 Å². The fourth-order valence-electron chi connectivity index (χ4n) is 3.51. The Labute approximate surface area is 112 Å². The Kier molecular flexibility index (Phi) is 2.86. The number of carbonyl (C=O) groups is 1. The van der Waals surface area contributed by atoms with Crippen molar-refractivity contribution in [3.8, 4) is 0 Å². The second kappa shape index (κ2) is 4.30. The monoisotopic (exact) mass is 262 g/mol. The van der Waals surface area contributed by atoms with E-state index in [2.05, 4.69) is 19.2 Å². The summed E-state index contributed by atoms with van der Waals surface area (Å²) in [7, 11) is 0. The number of fused-ring (bicyclic) bond motifs is 1. The van der Waals surface area contributed by atoms with E-state index in [4.69, 9.17) is 0 Å². The third-order valence-corrected chi connectivity index (χ3v) is 4.70. The molecule has 2 atom stereocenters. The molecule has 1 amide bonds. The molecule has 1 aromatic rings. The summed E-state index contributed by atoms with van der Waals surface area (Å²) in [6.07, 6.45) is 0. The number of likely N-dealkylation sites (tertiary alicyclic amines) is 1. The quantitative estimate of drug-likeness (QED) is 0.838. The van der Waals surface area contributed by atoms with Crippen LogP contribution in [0.1, 0.15) is 24.2 Å². The van der Waals surface area contributed by atoms with E-state index in [9.17, 15) is 9.18 Å². The molecule has 2 heterocycles. The number of amides is 1. The highest BCUT2D eigenvalue weighted by atomic mass is 19.1. The average Bonchev–Trinajstić information content (AvgIpc) is 2.92. The van der Waals surface area contributed by atoms with Gasteiger partial charge in [0.15, 0.2) is 0 Å². The number of rotatable bonds is 1. The van der Waals surface area contributed by atoms with E-state index in [0.717, 1.165) is 19.6 Å². The van der Waals surface area contributed by atoms with E-state index >= 15 is 0 Å². The number of hydrogen-bond acceptors (Lipinski definition) is 2. The van der Waals surface area contributed by atoms with E-state index < -0.39 is 0 Å². The summed E-state index contributed by atoms with van der Waals surface area (Å²) in [5, 5.41) is 3.40. The first-order chi connectivity index (χ1) is 9.00. The van der Waals surface area contributed by atoms with Crippen LogP contribution in [0.5, 0.6) is 0 Å². The molecule has 2 saturated heterocycles. The van der Waals surface area contributed by atoms with E-state index in [-0.39, 0.29) is 17.3 Å². The first-order valence-electron chi connectivity index (χ1n) is 6.78. The Morgan fingerprint density at radius 3 is 2.63 bits per heavy atom. The molecular weight excluding hydrogens is 243 g/mol. The van der Waals surface area contributed by atoms with Crippen LogP contribution in [0.15, 0.2) is 24.3 Å². The molecule has 0 saturated carbocycles. The van der Waals surface area contributed by atoms with Crippen LogP contribution < -0.4 is 5.32 Å². The maximum atomic E-state index is 12.9. The molecule has 0 bridgehead atoms. The normalized spacial score (nSPS) is 28.5. The van der Waals surface area contributed by atoms with Gasteiger partial charge in [-0.15, -0.1) is 0 Å². The SMILES string of the molecule is CC1(C)C2CNCC2CN1C(=O)c1ccc(F)cc1. The topological polar surface area (TPSA) is 32.3 Å². The van der Waals surface area contributed by atoms with Gasteiger partial charge in [-0.1, -0.05) is 0 Å². The lowest BCUT2D eigenvalue weighted by molar-refractivity contribution is 0.0603. The van der Waals surface area contributed by atoms with Crippen molar-refractivity contribution in [3.63, 3.8) is 0 Å². The molecule has 3 rings (SSSR count). The molecule has 2 aliphatic heterocycles. The molecule has 1 N–H and O–H groups in total. The number of nitrogens with one attached hydrogen (secondary N) is 1. The van der Waals surface area contributed by atoms with Crippen molar-refractivity contribution in [3.05, 3.63) is 35.6 Å². The summed E-state index contributed by atoms with van der Waals surface area (Å²) in [4.78, 5) is 14.5. The van der Waals surface area contributed by atoms with E-state index in [1.54, 1.807) is 12.1 Å². The van der Waals surface area contributed by atoms with Crippen molar-refractivity contribution in [1.82, 2.24) is 10.2 Å². The first-order valence-corrected chi connectivity index (χ1v) is 6.78. The summed E-state index contributed by atoms with van der Waals surface area (Å²) in [5.41, 5.74) is 0.432. The van der Waals surface area contributed by atoms with Gasteiger partial charge in [-0.05, 0) is 49.9 Å². The van der Waals surface area contributed by atoms with Crippen LogP contribution in [-0.4, -0.2) is 36.0 Å². The Hall–Kier alpha value is -1.42. The lowest BCUT2D eigenvalue weighted by atomic mass is 9.84. The number of carbonyl (C=O) groups excluding carboxylic acids is 1. The van der Waals surface area contributed by atoms with Crippen LogP contribution in [0.2, 0.25) is 0 Å². The van der Waals surface area contributed by atoms with Crippen LogP contribution in [0.25, 0.3) is 0 Å². The second-order valence-corrected chi connectivity index (χ2v) is 6.10. The average molecular weight is 262 g/mol. The highest BCUT2D eigenvalue weighted by Gasteiger charge is 2.51. The van der Waals surface area contributed by atoms with Crippen molar-refractivity contribution >= 4 is 5.91 Å². The minimum absolute atomic E-state index is 0.0133. The van der Waals surface area contributed by atoms with Crippen LogP contribution in [0.3, 0.4) is 0 Å². The molecule has 0 aromatic heterocycles. The molecule has 1 aromatic carbocycles. The zero-order chi connectivity index (χ0) is 13.6. The molecule has 4 heteroatoms. The van der Waals surface area contributed by atoms with Gasteiger partial charge in [0.2, 0.25) is 0 Å². The number of hydrogen-bond donors (Lipinski definition) is 1. The van der Waals surface area contributed by atoms with Gasteiger partial charge in [-0.2, -0.15) is 0 Å². The van der Waals surface area contributed by atoms with E-state index in [1.165, 1.54) is 12.1 Å². The predicted octanol–water partition coefficient (Wildman–Crippen LogP) is 1.90. The van der Waals surface area contributed by atoms with Crippen LogP contribution in [0.4, 0.5) is 4.39 Å². The minimum Gasteiger partial charge on any atom is -0.333 e. The summed E-state index contributed by atoms with van der Waals surface area (Å²) < 4.78 is 12.9. The second-order valence-electron chi connectivity index (χ2n) is 6.10. The van der Waals surface area contributed by atoms with Gasteiger partial charge in [0.1, 0.15) is 5.82 Å². The van der Waals surface area contributed by atoms with Gasteiger partial charge in [-0.25, -0.2) is 4.39 Å². The zero-order valence-electron chi connectivity index (χ0n) is 11.3. The number of benzene rings is 1. The minimum atomic E-state index is -0.307. The van der Waals surface area contributed by atoms with Crippen LogP contribution >= 0.6 is 0 Å². The molecule has 19 heavy (non-hydrogen) atoms. The van der Waals surface area contributed by atoms with Gasteiger partial charge in [0, 0.05) is 30.7 Å². The third-order valence-electron chi connectivity index (χ3n) is 4.70. The predicted molar refractivity (Wildman–Crippen MR) is 71.4 cm³/mol. The van der Waals surface area contributed by atoms with Crippen molar-refractivity contribution in [1.29, 1.82) is 0 Å². The smallest absolute Gasteiger partial charge is 0.254 e. The van der Waals surface area contributed by atoms with Crippen LogP contribution in [0, 0.1) is 17.7 Å². The maximum Gasteiger partial charge on any atom is 0.254 e. The molecule has 0 aliphatic carbocycles. The molecule has 2 unspecified atom stereocenters. The Morgan fingerprint density at radius 1 is 1.32 bits per heavy atom. The Balaban J connectivity index is 1.86. The highest BCUT2D eigenvalue weighted by molar-refractivity contribution is 5.95. The third kappa shape index (κ3) is 1.94. The van der Waals surface area contributed by atoms with Gasteiger partial charge in [-0.3, -0.25) is 4.79 Å². The standard InChI is InChI=1S/C15H19FN2O/c1-15(2)13-8-17-7-11(13)9-18(15)14(19)10-3-5-12(16)6-4-10/h3-6,11,13,17H,7-9H2,1-2H3. The summed E-state index contributed by atoms with van der Waals surface area (Å²) in [5.74, 6) is 0.758. The molecule has 2 fully saturated rings. The van der Waals surface area contributed by atoms with E-state index in [0.29, 0.717) is 17.4 Å². The number of nitrogens with zero attached hydrogens (tertiary/aromatic N) is 1. The molecule has 3 nitrogen and oxygen atoms in total. The molecule has 0 radical (unpaired) electrons. The summed E-state index contributed by atoms with van der Waals surface area (Å²) >= 11 is 0.